The summed E-state index contributed by atoms with van der Waals surface area (Å²) in [4.78, 5) is 24.9. The first-order chi connectivity index (χ1) is 10.1. The van der Waals surface area contributed by atoms with E-state index in [4.69, 9.17) is 0 Å². The van der Waals surface area contributed by atoms with Crippen molar-refractivity contribution in [1.29, 1.82) is 0 Å². The van der Waals surface area contributed by atoms with Crippen LogP contribution in [-0.4, -0.2) is 47.1 Å². The lowest BCUT2D eigenvalue weighted by atomic mass is 9.85. The molecule has 0 aromatic heterocycles. The molecule has 0 bridgehead atoms. The molecule has 116 valence electrons. The van der Waals surface area contributed by atoms with Gasteiger partial charge in [-0.3, -0.25) is 9.59 Å². The Hall–Kier alpha value is -1.54. The van der Waals surface area contributed by atoms with Crippen LogP contribution < -0.4 is 5.32 Å². The molecular formula is C16H24N2O3. The molecule has 5 heteroatoms. The van der Waals surface area contributed by atoms with Crippen LogP contribution in [0.25, 0.3) is 0 Å². The highest BCUT2D eigenvalue weighted by molar-refractivity contribution is 5.93. The smallest absolute Gasteiger partial charge is 0.295 e. The number of nitrogens with one attached hydrogen (secondary N) is 1. The summed E-state index contributed by atoms with van der Waals surface area (Å²) in [5.74, 6) is 5.08. The molecule has 2 N–H and O–H groups in total. The fraction of sp³-hybridized carbons (Fsp3) is 0.750. The van der Waals surface area contributed by atoms with Gasteiger partial charge in [-0.05, 0) is 44.4 Å². The minimum atomic E-state index is -0.975. The first kappa shape index (κ1) is 15.8. The average molecular weight is 292 g/mol. The third-order valence-corrected chi connectivity index (χ3v) is 4.15. The van der Waals surface area contributed by atoms with Crippen LogP contribution in [0.3, 0.4) is 0 Å². The number of carbonyl (C=O) groups is 2. The molecule has 1 aliphatic carbocycles. The Morgan fingerprint density at radius 1 is 1.29 bits per heavy atom. The summed E-state index contributed by atoms with van der Waals surface area (Å²) in [6, 6.07) is 0. The molecule has 2 aliphatic rings. The zero-order valence-corrected chi connectivity index (χ0v) is 12.5. The highest BCUT2D eigenvalue weighted by Gasteiger charge is 2.26. The van der Waals surface area contributed by atoms with Crippen LogP contribution in [0.1, 0.15) is 51.4 Å². The zero-order chi connectivity index (χ0) is 15.1. The van der Waals surface area contributed by atoms with Gasteiger partial charge in [-0.15, -0.1) is 0 Å². The van der Waals surface area contributed by atoms with Gasteiger partial charge in [-0.25, -0.2) is 0 Å². The van der Waals surface area contributed by atoms with Crippen molar-refractivity contribution in [2.75, 3.05) is 19.6 Å². The first-order valence-electron chi connectivity index (χ1n) is 7.90. The minimum absolute atomic E-state index is 0.209. The van der Waals surface area contributed by atoms with Crippen LogP contribution in [0.5, 0.6) is 0 Å². The molecule has 2 amide bonds. The summed E-state index contributed by atoms with van der Waals surface area (Å²) in [5.41, 5.74) is -0.975. The topological polar surface area (TPSA) is 69.6 Å². The molecular weight excluding hydrogens is 268 g/mol. The molecule has 2 fully saturated rings. The number of hydrogen-bond donors (Lipinski definition) is 2. The van der Waals surface area contributed by atoms with Gasteiger partial charge in [0.2, 0.25) is 5.91 Å². The lowest BCUT2D eigenvalue weighted by Crippen LogP contribution is -2.31. The molecule has 0 unspecified atom stereocenters. The molecule has 0 atom stereocenters. The van der Waals surface area contributed by atoms with E-state index in [1.165, 1.54) is 0 Å². The van der Waals surface area contributed by atoms with Crippen molar-refractivity contribution >= 4 is 11.8 Å². The number of likely N-dealkylation sites (tertiary alicyclic amines) is 1. The molecule has 1 aliphatic heterocycles. The maximum absolute atomic E-state index is 11.6. The SMILES string of the molecule is O=C(C#CC1(O)CCCCC1)NCCCN1CCCC1=O. The number of aliphatic hydroxyl groups is 1. The molecule has 1 saturated heterocycles. The maximum Gasteiger partial charge on any atom is 0.295 e. The third kappa shape index (κ3) is 5.05. The summed E-state index contributed by atoms with van der Waals surface area (Å²) in [7, 11) is 0. The monoisotopic (exact) mass is 292 g/mol. The minimum Gasteiger partial charge on any atom is -0.378 e. The van der Waals surface area contributed by atoms with Gasteiger partial charge in [-0.1, -0.05) is 12.3 Å². The zero-order valence-electron chi connectivity index (χ0n) is 12.5. The van der Waals surface area contributed by atoms with Crippen molar-refractivity contribution in [3.8, 4) is 11.8 Å². The number of amides is 2. The Balaban J connectivity index is 1.64. The molecule has 0 aromatic rings. The predicted molar refractivity (Wildman–Crippen MR) is 79.3 cm³/mol. The summed E-state index contributed by atoms with van der Waals surface area (Å²) >= 11 is 0. The van der Waals surface area contributed by atoms with Crippen LogP contribution >= 0.6 is 0 Å². The van der Waals surface area contributed by atoms with E-state index in [0.29, 0.717) is 32.4 Å². The van der Waals surface area contributed by atoms with Gasteiger partial charge < -0.3 is 15.3 Å². The summed E-state index contributed by atoms with van der Waals surface area (Å²) < 4.78 is 0. The van der Waals surface area contributed by atoms with Gasteiger partial charge in [0.15, 0.2) is 0 Å². The number of hydrogen-bond acceptors (Lipinski definition) is 3. The summed E-state index contributed by atoms with van der Waals surface area (Å²) in [5, 5.41) is 12.9. The van der Waals surface area contributed by atoms with Crippen LogP contribution in [0.15, 0.2) is 0 Å². The van der Waals surface area contributed by atoms with E-state index < -0.39 is 5.60 Å². The van der Waals surface area contributed by atoms with E-state index in [9.17, 15) is 14.7 Å². The van der Waals surface area contributed by atoms with Gasteiger partial charge in [0.05, 0.1) is 0 Å². The predicted octanol–water partition coefficient (Wildman–Crippen LogP) is 0.814. The van der Waals surface area contributed by atoms with E-state index in [1.807, 2.05) is 4.90 Å². The number of nitrogens with zero attached hydrogens (tertiary/aromatic N) is 1. The fourth-order valence-electron chi connectivity index (χ4n) is 2.89. The average Bonchev–Trinajstić information content (AvgIpc) is 2.88. The van der Waals surface area contributed by atoms with Crippen LogP contribution in [0, 0.1) is 11.8 Å². The van der Waals surface area contributed by atoms with Crippen molar-refractivity contribution in [3.05, 3.63) is 0 Å². The Bertz CT molecular complexity index is 444. The van der Waals surface area contributed by atoms with E-state index in [2.05, 4.69) is 17.2 Å². The van der Waals surface area contributed by atoms with E-state index in [0.717, 1.165) is 38.6 Å². The van der Waals surface area contributed by atoms with Gasteiger partial charge in [0.25, 0.3) is 5.91 Å². The lowest BCUT2D eigenvalue weighted by molar-refractivity contribution is -0.127. The van der Waals surface area contributed by atoms with Crippen LogP contribution in [0.4, 0.5) is 0 Å². The highest BCUT2D eigenvalue weighted by atomic mass is 16.3. The number of rotatable bonds is 4. The van der Waals surface area contributed by atoms with Crippen molar-refractivity contribution in [1.82, 2.24) is 10.2 Å². The van der Waals surface area contributed by atoms with Gasteiger partial charge in [-0.2, -0.15) is 0 Å². The molecule has 2 rings (SSSR count). The molecule has 21 heavy (non-hydrogen) atoms. The second kappa shape index (κ2) is 7.46. The van der Waals surface area contributed by atoms with E-state index in [1.54, 1.807) is 0 Å². The van der Waals surface area contributed by atoms with Gasteiger partial charge >= 0.3 is 0 Å². The molecule has 0 aromatic carbocycles. The Kier molecular flexibility index (Phi) is 5.63. The van der Waals surface area contributed by atoms with Crippen molar-refractivity contribution in [3.63, 3.8) is 0 Å². The third-order valence-electron chi connectivity index (χ3n) is 4.15. The standard InChI is InChI=1S/C16H24N2O3/c19-14(7-10-16(21)8-2-1-3-9-16)17-11-5-13-18-12-4-6-15(18)20/h21H,1-6,8-9,11-13H2,(H,17,19). The van der Waals surface area contributed by atoms with E-state index >= 15 is 0 Å². The summed E-state index contributed by atoms with van der Waals surface area (Å²) in [6.07, 6.45) is 6.71. The van der Waals surface area contributed by atoms with Gasteiger partial charge in [0, 0.05) is 26.1 Å². The molecule has 1 saturated carbocycles. The molecule has 5 nitrogen and oxygen atoms in total. The van der Waals surface area contributed by atoms with Crippen molar-refractivity contribution in [2.24, 2.45) is 0 Å². The molecule has 0 spiro atoms. The van der Waals surface area contributed by atoms with Crippen molar-refractivity contribution < 1.29 is 14.7 Å². The lowest BCUT2D eigenvalue weighted by Gasteiger charge is -2.26. The molecule has 1 heterocycles. The summed E-state index contributed by atoms with van der Waals surface area (Å²) in [6.45, 7) is 2.03. The Morgan fingerprint density at radius 3 is 2.71 bits per heavy atom. The second-order valence-corrected chi connectivity index (χ2v) is 5.94. The highest BCUT2D eigenvalue weighted by Crippen LogP contribution is 2.26. The second-order valence-electron chi connectivity index (χ2n) is 5.94. The van der Waals surface area contributed by atoms with Crippen LogP contribution in [0.2, 0.25) is 0 Å². The first-order valence-corrected chi connectivity index (χ1v) is 7.90. The Morgan fingerprint density at radius 2 is 2.05 bits per heavy atom. The Labute approximate surface area is 126 Å². The fourth-order valence-corrected chi connectivity index (χ4v) is 2.89. The quantitative estimate of drug-likeness (QED) is 0.595. The van der Waals surface area contributed by atoms with Crippen LogP contribution in [-0.2, 0) is 9.59 Å². The molecule has 0 radical (unpaired) electrons. The maximum atomic E-state index is 11.6. The van der Waals surface area contributed by atoms with Crippen molar-refractivity contribution in [2.45, 2.75) is 57.0 Å². The van der Waals surface area contributed by atoms with Gasteiger partial charge in [0.1, 0.15) is 5.60 Å². The number of carbonyl (C=O) groups excluding carboxylic acids is 2. The van der Waals surface area contributed by atoms with E-state index in [-0.39, 0.29) is 11.8 Å². The normalized spacial score (nSPS) is 20.8. The largest absolute Gasteiger partial charge is 0.378 e.